The number of rotatable bonds is 5. The van der Waals surface area contributed by atoms with E-state index in [1.807, 2.05) is 24.3 Å². The molecule has 1 rings (SSSR count). The second-order valence-electron chi connectivity index (χ2n) is 3.60. The number of carbonyl (C=O) groups is 1. The zero-order valence-corrected chi connectivity index (χ0v) is 10.9. The number of aliphatic carboxylic acids is 1. The van der Waals surface area contributed by atoms with E-state index in [0.29, 0.717) is 0 Å². The number of hydrogen-bond acceptors (Lipinski definition) is 3. The third-order valence-corrected chi connectivity index (χ3v) is 2.86. The van der Waals surface area contributed by atoms with Gasteiger partial charge < -0.3 is 10.0 Å². The summed E-state index contributed by atoms with van der Waals surface area (Å²) in [7, 11) is 0. The SMILES string of the molecule is CCN(CC)c1ccc(/C=C(/S)C(=O)O)cc1. The van der Waals surface area contributed by atoms with Crippen molar-refractivity contribution in [3.05, 3.63) is 34.7 Å². The van der Waals surface area contributed by atoms with Crippen molar-refractivity contribution in [3.8, 4) is 0 Å². The Morgan fingerprint density at radius 3 is 2.24 bits per heavy atom. The van der Waals surface area contributed by atoms with Crippen molar-refractivity contribution in [2.24, 2.45) is 0 Å². The molecule has 0 aliphatic heterocycles. The van der Waals surface area contributed by atoms with Crippen LogP contribution in [0, 0.1) is 0 Å². The van der Waals surface area contributed by atoms with E-state index in [4.69, 9.17) is 5.11 Å². The fraction of sp³-hybridized carbons (Fsp3) is 0.308. The van der Waals surface area contributed by atoms with E-state index < -0.39 is 5.97 Å². The molecule has 0 aliphatic carbocycles. The Balaban J connectivity index is 2.88. The first-order valence-electron chi connectivity index (χ1n) is 5.57. The molecule has 0 aromatic heterocycles. The molecule has 0 saturated heterocycles. The smallest absolute Gasteiger partial charge is 0.341 e. The number of carboxylic acid groups (broad SMARTS) is 1. The summed E-state index contributed by atoms with van der Waals surface area (Å²) in [6.07, 6.45) is 1.54. The first-order valence-corrected chi connectivity index (χ1v) is 6.02. The third-order valence-electron chi connectivity index (χ3n) is 2.54. The summed E-state index contributed by atoms with van der Waals surface area (Å²) in [5, 5.41) is 8.71. The van der Waals surface area contributed by atoms with E-state index in [0.717, 1.165) is 24.3 Å². The van der Waals surface area contributed by atoms with E-state index in [2.05, 4.69) is 31.4 Å². The van der Waals surface area contributed by atoms with E-state index >= 15 is 0 Å². The Morgan fingerprint density at radius 2 is 1.82 bits per heavy atom. The van der Waals surface area contributed by atoms with Gasteiger partial charge >= 0.3 is 5.97 Å². The Bertz CT molecular complexity index is 408. The van der Waals surface area contributed by atoms with Crippen molar-refractivity contribution < 1.29 is 9.90 Å². The van der Waals surface area contributed by atoms with Crippen LogP contribution in [0.2, 0.25) is 0 Å². The van der Waals surface area contributed by atoms with Crippen LogP contribution < -0.4 is 4.90 Å². The summed E-state index contributed by atoms with van der Waals surface area (Å²) in [5.74, 6) is -1.01. The van der Waals surface area contributed by atoms with Gasteiger partial charge in [-0.2, -0.15) is 0 Å². The normalized spacial score (nSPS) is 11.4. The highest BCUT2D eigenvalue weighted by Gasteiger charge is 2.03. The monoisotopic (exact) mass is 251 g/mol. The lowest BCUT2D eigenvalue weighted by Gasteiger charge is -2.20. The minimum absolute atomic E-state index is 0.0422. The number of benzene rings is 1. The van der Waals surface area contributed by atoms with E-state index in [1.54, 1.807) is 0 Å². The largest absolute Gasteiger partial charge is 0.477 e. The first kappa shape index (κ1) is 13.6. The number of nitrogens with zero attached hydrogens (tertiary/aromatic N) is 1. The van der Waals surface area contributed by atoms with E-state index in [1.165, 1.54) is 6.08 Å². The van der Waals surface area contributed by atoms with Gasteiger partial charge in [-0.05, 0) is 37.6 Å². The Kier molecular flexibility index (Phi) is 5.10. The number of thiol groups is 1. The molecule has 17 heavy (non-hydrogen) atoms. The minimum Gasteiger partial charge on any atom is -0.477 e. The highest BCUT2D eigenvalue weighted by molar-refractivity contribution is 7.85. The summed E-state index contributed by atoms with van der Waals surface area (Å²) >= 11 is 3.89. The maximum atomic E-state index is 10.6. The van der Waals surface area contributed by atoms with Crippen molar-refractivity contribution in [1.82, 2.24) is 0 Å². The first-order chi connectivity index (χ1) is 8.08. The van der Waals surface area contributed by atoms with Gasteiger partial charge in [-0.3, -0.25) is 0 Å². The summed E-state index contributed by atoms with van der Waals surface area (Å²) < 4.78 is 0. The Labute approximate surface area is 107 Å². The second kappa shape index (κ2) is 6.35. The van der Waals surface area contributed by atoms with Crippen LogP contribution in [-0.2, 0) is 4.79 Å². The Morgan fingerprint density at radius 1 is 1.29 bits per heavy atom. The lowest BCUT2D eigenvalue weighted by molar-refractivity contribution is -0.131. The van der Waals surface area contributed by atoms with Crippen LogP contribution in [0.25, 0.3) is 6.08 Å². The zero-order chi connectivity index (χ0) is 12.8. The molecule has 0 saturated carbocycles. The van der Waals surface area contributed by atoms with Gasteiger partial charge in [-0.25, -0.2) is 4.79 Å². The Hall–Kier alpha value is -1.42. The van der Waals surface area contributed by atoms with E-state index in [-0.39, 0.29) is 4.91 Å². The average Bonchev–Trinajstić information content (AvgIpc) is 2.32. The average molecular weight is 251 g/mol. The molecule has 1 N–H and O–H groups in total. The molecule has 0 fully saturated rings. The van der Waals surface area contributed by atoms with Crippen molar-refractivity contribution in [2.75, 3.05) is 18.0 Å². The summed E-state index contributed by atoms with van der Waals surface area (Å²) in [4.78, 5) is 12.9. The van der Waals surface area contributed by atoms with Gasteiger partial charge in [0.05, 0.1) is 4.91 Å². The standard InChI is InChI=1S/C13H17NO2S/c1-3-14(4-2)11-7-5-10(6-8-11)9-12(17)13(15)16/h5-9,17H,3-4H2,1-2H3,(H,15,16)/b12-9+. The molecule has 1 aromatic rings. The zero-order valence-electron chi connectivity index (χ0n) is 10.1. The molecule has 0 bridgehead atoms. The molecule has 0 unspecified atom stereocenters. The molecule has 0 aliphatic rings. The molecule has 4 heteroatoms. The van der Waals surface area contributed by atoms with Gasteiger partial charge in [0, 0.05) is 18.8 Å². The molecule has 0 amide bonds. The third kappa shape index (κ3) is 3.82. The van der Waals surface area contributed by atoms with Crippen LogP contribution in [0.3, 0.4) is 0 Å². The summed E-state index contributed by atoms with van der Waals surface area (Å²) in [6.45, 7) is 6.12. The maximum Gasteiger partial charge on any atom is 0.341 e. The van der Waals surface area contributed by atoms with Crippen LogP contribution in [0.1, 0.15) is 19.4 Å². The second-order valence-corrected chi connectivity index (χ2v) is 4.08. The number of carboxylic acids is 1. The molecular weight excluding hydrogens is 234 g/mol. The van der Waals surface area contributed by atoms with Crippen molar-refractivity contribution in [1.29, 1.82) is 0 Å². The van der Waals surface area contributed by atoms with Crippen LogP contribution in [0.5, 0.6) is 0 Å². The fourth-order valence-electron chi connectivity index (χ4n) is 1.59. The molecule has 92 valence electrons. The van der Waals surface area contributed by atoms with Crippen LogP contribution in [-0.4, -0.2) is 24.2 Å². The lowest BCUT2D eigenvalue weighted by Crippen LogP contribution is -2.21. The van der Waals surface area contributed by atoms with Gasteiger partial charge in [0.2, 0.25) is 0 Å². The molecule has 0 spiro atoms. The molecule has 0 atom stereocenters. The molecular formula is C13H17NO2S. The highest BCUT2D eigenvalue weighted by Crippen LogP contribution is 2.17. The lowest BCUT2D eigenvalue weighted by atomic mass is 10.2. The molecule has 0 heterocycles. The van der Waals surface area contributed by atoms with Crippen LogP contribution in [0.15, 0.2) is 29.2 Å². The van der Waals surface area contributed by atoms with Gasteiger partial charge in [0.15, 0.2) is 0 Å². The fourth-order valence-corrected chi connectivity index (χ4v) is 1.74. The van der Waals surface area contributed by atoms with Crippen molar-refractivity contribution >= 4 is 30.4 Å². The predicted molar refractivity (Wildman–Crippen MR) is 74.6 cm³/mol. The van der Waals surface area contributed by atoms with Gasteiger partial charge in [0.1, 0.15) is 0 Å². The minimum atomic E-state index is -1.01. The van der Waals surface area contributed by atoms with Crippen molar-refractivity contribution in [3.63, 3.8) is 0 Å². The number of hydrogen-bond donors (Lipinski definition) is 2. The van der Waals surface area contributed by atoms with E-state index in [9.17, 15) is 4.79 Å². The topological polar surface area (TPSA) is 40.5 Å². The predicted octanol–water partition coefficient (Wildman–Crippen LogP) is 2.89. The summed E-state index contributed by atoms with van der Waals surface area (Å²) in [5.41, 5.74) is 1.98. The van der Waals surface area contributed by atoms with Gasteiger partial charge in [0.25, 0.3) is 0 Å². The van der Waals surface area contributed by atoms with Gasteiger partial charge in [-0.1, -0.05) is 12.1 Å². The van der Waals surface area contributed by atoms with Crippen molar-refractivity contribution in [2.45, 2.75) is 13.8 Å². The quantitative estimate of drug-likeness (QED) is 0.624. The number of anilines is 1. The molecule has 3 nitrogen and oxygen atoms in total. The maximum absolute atomic E-state index is 10.6. The van der Waals surface area contributed by atoms with Crippen LogP contribution >= 0.6 is 12.6 Å². The molecule has 0 radical (unpaired) electrons. The molecule has 1 aromatic carbocycles. The highest BCUT2D eigenvalue weighted by atomic mass is 32.1. The summed E-state index contributed by atoms with van der Waals surface area (Å²) in [6, 6.07) is 7.77. The van der Waals surface area contributed by atoms with Crippen LogP contribution in [0.4, 0.5) is 5.69 Å². The van der Waals surface area contributed by atoms with Gasteiger partial charge in [-0.15, -0.1) is 12.6 Å².